The zero-order chi connectivity index (χ0) is 30.8. The van der Waals surface area contributed by atoms with Crippen molar-refractivity contribution in [2.75, 3.05) is 11.9 Å². The summed E-state index contributed by atoms with van der Waals surface area (Å²) in [4.78, 5) is 29.1. The number of ether oxygens (including phenoxy) is 1. The van der Waals surface area contributed by atoms with Gasteiger partial charge in [0, 0.05) is 31.1 Å². The van der Waals surface area contributed by atoms with Crippen molar-refractivity contribution >= 4 is 38.7 Å². The average Bonchev–Trinajstić information content (AvgIpc) is 3.75. The molecule has 0 saturated carbocycles. The maximum atomic E-state index is 12.9. The first-order chi connectivity index (χ1) is 21.3. The summed E-state index contributed by atoms with van der Waals surface area (Å²) in [7, 11) is -3.35. The monoisotopic (exact) mass is 634 g/mol. The van der Waals surface area contributed by atoms with Gasteiger partial charge in [-0.3, -0.25) is 9.36 Å². The number of rotatable bonds is 10. The molecule has 0 bridgehead atoms. The number of anilines is 1. The molecule has 0 radical (unpaired) electrons. The first-order valence-corrected chi connectivity index (χ1v) is 19.7. The molecule has 1 N–H and O–H groups in total. The fourth-order valence-corrected chi connectivity index (χ4v) is 12.7. The van der Waals surface area contributed by atoms with Gasteiger partial charge in [0.05, 0.1) is 18.3 Å². The van der Waals surface area contributed by atoms with Gasteiger partial charge in [-0.2, -0.15) is 4.98 Å². The Balaban J connectivity index is 1.18. The number of carbonyl (C=O) groups is 1. The Hall–Kier alpha value is -2.72. The van der Waals surface area contributed by atoms with Crippen LogP contribution >= 0.6 is 8.53 Å². The van der Waals surface area contributed by atoms with Crippen molar-refractivity contribution in [1.29, 1.82) is 0 Å². The number of nitrogens with zero attached hydrogens (tertiary/aromatic N) is 3. The minimum atomic E-state index is -2.10. The van der Waals surface area contributed by atoms with Crippen molar-refractivity contribution in [3.63, 3.8) is 0 Å². The molecule has 3 aliphatic rings. The third-order valence-electron chi connectivity index (χ3n) is 9.29. The van der Waals surface area contributed by atoms with Crippen molar-refractivity contribution in [2.24, 2.45) is 5.92 Å². The lowest BCUT2D eigenvalue weighted by Gasteiger charge is -2.32. The van der Waals surface area contributed by atoms with Crippen LogP contribution in [0.15, 0.2) is 77.7 Å². The second-order valence-corrected chi connectivity index (χ2v) is 18.2. The summed E-state index contributed by atoms with van der Waals surface area (Å²) in [6.07, 6.45) is 4.44. The number of hydrogen-bond donors (Lipinski definition) is 1. The van der Waals surface area contributed by atoms with E-state index in [1.807, 2.05) is 0 Å². The van der Waals surface area contributed by atoms with Crippen molar-refractivity contribution in [3.05, 3.63) is 83.4 Å². The van der Waals surface area contributed by atoms with Gasteiger partial charge in [0.2, 0.25) is 5.91 Å². The van der Waals surface area contributed by atoms with Crippen LogP contribution in [-0.4, -0.2) is 59.1 Å². The summed E-state index contributed by atoms with van der Waals surface area (Å²) in [5.74, 6) is -0.139. The van der Waals surface area contributed by atoms with E-state index in [0.29, 0.717) is 12.5 Å². The lowest BCUT2D eigenvalue weighted by molar-refractivity contribution is -0.118. The molecule has 1 unspecified atom stereocenters. The van der Waals surface area contributed by atoms with E-state index in [0.717, 1.165) is 31.9 Å². The first kappa shape index (κ1) is 31.3. The Morgan fingerprint density at radius 1 is 1.09 bits per heavy atom. The van der Waals surface area contributed by atoms with Gasteiger partial charge in [-0.1, -0.05) is 98.4 Å². The summed E-state index contributed by atoms with van der Waals surface area (Å²) in [6, 6.07) is 24.9. The number of aromatic nitrogens is 2. The summed E-state index contributed by atoms with van der Waals surface area (Å²) in [5.41, 5.74) is -0.458. The molecule has 1 aromatic heterocycles. The topological polar surface area (TPSA) is 94.9 Å². The predicted molar refractivity (Wildman–Crippen MR) is 176 cm³/mol. The van der Waals surface area contributed by atoms with Crippen LogP contribution in [0.3, 0.4) is 0 Å². The molecule has 4 heterocycles. The Morgan fingerprint density at radius 2 is 1.77 bits per heavy atom. The minimum Gasteiger partial charge on any atom is -0.352 e. The smallest absolute Gasteiger partial charge is 0.351 e. The quantitative estimate of drug-likeness (QED) is 0.250. The molecule has 44 heavy (non-hydrogen) atoms. The highest BCUT2D eigenvalue weighted by atomic mass is 31.2. The number of benzene rings is 2. The zero-order valence-electron chi connectivity index (χ0n) is 26.0. The number of fused-ring (bicyclic) bond motifs is 1. The molecule has 6 rings (SSSR count). The molecule has 1 amide bonds. The minimum absolute atomic E-state index is 0.0966. The van der Waals surface area contributed by atoms with Gasteiger partial charge in [-0.05, 0) is 31.4 Å². The molecule has 3 fully saturated rings. The van der Waals surface area contributed by atoms with Crippen LogP contribution in [0.4, 0.5) is 5.82 Å². The number of nitrogens with one attached hydrogen (secondary N) is 1. The van der Waals surface area contributed by atoms with Crippen LogP contribution < -0.4 is 21.4 Å². The standard InChI is InChI=1S/C33H43N4O5PSi/c1-5-27-28(21-31(40-27)36-20-18-30(35-33(36)39)34-32(38)23(2)3)41-43-37-19-12-17-26(37)29(42-43)22-44(4,24-13-8-6-9-14-24)25-15-10-7-11-16-25/h6-11,13-16,18,20,23,26-29,31H,5,12,17,19,21-22H2,1-4H3,(H,34,35,38,39)/t26-,27+,28?,29+,31+,43-/m0/s1. The second kappa shape index (κ2) is 13.3. The van der Waals surface area contributed by atoms with E-state index in [1.54, 1.807) is 26.1 Å². The van der Waals surface area contributed by atoms with E-state index in [9.17, 15) is 9.59 Å². The predicted octanol–water partition coefficient (Wildman–Crippen LogP) is 4.90. The summed E-state index contributed by atoms with van der Waals surface area (Å²) in [5, 5.41) is 5.53. The molecule has 3 saturated heterocycles. The van der Waals surface area contributed by atoms with Gasteiger partial charge in [0.25, 0.3) is 8.53 Å². The van der Waals surface area contributed by atoms with Crippen LogP contribution in [0.1, 0.15) is 52.7 Å². The van der Waals surface area contributed by atoms with Gasteiger partial charge in [0.15, 0.2) is 0 Å². The van der Waals surface area contributed by atoms with Crippen LogP contribution in [0, 0.1) is 5.92 Å². The summed E-state index contributed by atoms with van der Waals surface area (Å²) >= 11 is 0. The Labute approximate surface area is 261 Å². The lowest BCUT2D eigenvalue weighted by Crippen LogP contribution is -2.58. The molecular weight excluding hydrogens is 591 g/mol. The highest BCUT2D eigenvalue weighted by Crippen LogP contribution is 2.58. The van der Waals surface area contributed by atoms with Gasteiger partial charge < -0.3 is 19.1 Å². The Bertz CT molecular complexity index is 1450. The number of amides is 1. The molecule has 3 aromatic rings. The molecule has 2 aromatic carbocycles. The number of carbonyl (C=O) groups excluding carboxylic acids is 1. The summed E-state index contributed by atoms with van der Waals surface area (Å²) < 4.78 is 24.0. The maximum absolute atomic E-state index is 12.9. The second-order valence-electron chi connectivity index (χ2n) is 12.6. The van der Waals surface area contributed by atoms with Crippen LogP contribution in [0.5, 0.6) is 0 Å². The van der Waals surface area contributed by atoms with Crippen molar-refractivity contribution in [2.45, 2.75) is 89.6 Å². The van der Waals surface area contributed by atoms with E-state index >= 15 is 0 Å². The van der Waals surface area contributed by atoms with Gasteiger partial charge >= 0.3 is 5.69 Å². The Kier molecular flexibility index (Phi) is 9.47. The number of hydrogen-bond acceptors (Lipinski definition) is 7. The molecule has 0 spiro atoms. The van der Waals surface area contributed by atoms with E-state index in [1.165, 1.54) is 14.9 Å². The van der Waals surface area contributed by atoms with E-state index in [4.69, 9.17) is 13.8 Å². The molecule has 0 aliphatic carbocycles. The normalized spacial score (nSPS) is 27.1. The molecule has 234 valence electrons. The van der Waals surface area contributed by atoms with E-state index < -0.39 is 28.5 Å². The third kappa shape index (κ3) is 6.34. The van der Waals surface area contributed by atoms with Crippen LogP contribution in [-0.2, 0) is 18.6 Å². The molecular formula is C33H43N4O5PSi. The molecule has 3 aliphatic heterocycles. The van der Waals surface area contributed by atoms with Crippen molar-refractivity contribution in [3.8, 4) is 0 Å². The fraction of sp³-hybridized carbons (Fsp3) is 0.485. The SMILES string of the molecule is CC[C@H]1O[C@@H](n2ccc(NC(=O)C(C)C)nc2=O)CC1O[P@@]1O[C@H](C[Si](C)(c2ccccc2)c2ccccc2)[C@@H]2CCCN21. The third-order valence-corrected chi connectivity index (χ3v) is 15.5. The maximum Gasteiger partial charge on any atom is 0.351 e. The molecule has 9 nitrogen and oxygen atoms in total. The zero-order valence-corrected chi connectivity index (χ0v) is 27.9. The largest absolute Gasteiger partial charge is 0.352 e. The van der Waals surface area contributed by atoms with Crippen LogP contribution in [0.25, 0.3) is 0 Å². The highest BCUT2D eigenvalue weighted by molar-refractivity contribution is 7.45. The van der Waals surface area contributed by atoms with Gasteiger partial charge in [-0.15, -0.1) is 0 Å². The van der Waals surface area contributed by atoms with Gasteiger partial charge in [0.1, 0.15) is 20.1 Å². The molecule has 6 atom stereocenters. The fourth-order valence-electron chi connectivity index (χ4n) is 6.71. The highest BCUT2D eigenvalue weighted by Gasteiger charge is 2.51. The van der Waals surface area contributed by atoms with Gasteiger partial charge in [-0.25, -0.2) is 9.46 Å². The van der Waals surface area contributed by atoms with Crippen molar-refractivity contribution in [1.82, 2.24) is 14.2 Å². The summed E-state index contributed by atoms with van der Waals surface area (Å²) in [6.45, 7) is 9.11. The first-order valence-electron chi connectivity index (χ1n) is 15.8. The molecule has 11 heteroatoms. The Morgan fingerprint density at radius 3 is 2.39 bits per heavy atom. The van der Waals surface area contributed by atoms with Crippen LogP contribution in [0.2, 0.25) is 12.6 Å². The van der Waals surface area contributed by atoms with Crippen molar-refractivity contribution < 1.29 is 18.6 Å². The average molecular weight is 635 g/mol. The van der Waals surface area contributed by atoms with E-state index in [-0.39, 0.29) is 36.0 Å². The van der Waals surface area contributed by atoms with E-state index in [2.05, 4.69) is 89.1 Å². The lowest BCUT2D eigenvalue weighted by atomic mass is 10.1.